The lowest BCUT2D eigenvalue weighted by Gasteiger charge is -2.36. The Morgan fingerprint density at radius 2 is 1.78 bits per heavy atom. The predicted molar refractivity (Wildman–Crippen MR) is 165 cm³/mol. The maximum Gasteiger partial charge on any atom is 0.504 e. The zero-order chi connectivity index (χ0) is 32.6. The van der Waals surface area contributed by atoms with Gasteiger partial charge in [0.1, 0.15) is 23.2 Å². The molecule has 1 aromatic carbocycles. The van der Waals surface area contributed by atoms with Gasteiger partial charge in [-0.15, -0.1) is 13.2 Å². The number of methoxy groups -OCH3 is 1. The van der Waals surface area contributed by atoms with Gasteiger partial charge in [0.15, 0.2) is 19.9 Å². The first-order chi connectivity index (χ1) is 21.2. The minimum atomic E-state index is -4.76. The molecule has 15 heteroatoms. The lowest BCUT2D eigenvalue weighted by Crippen LogP contribution is -2.41. The van der Waals surface area contributed by atoms with Crippen molar-refractivity contribution in [1.82, 2.24) is 34.5 Å². The van der Waals surface area contributed by atoms with E-state index in [1.807, 2.05) is 41.2 Å². The lowest BCUT2D eigenvalue weighted by molar-refractivity contribution is -0.212. The SMILES string of the molecule is COc1cc2ncnc(-c3cn(CCO[Si](C)(C)C(C)(C)C)nc3-c3ccccc3)c2nc1NC(=O)c1cnn(C(F)(F)F)c1. The summed E-state index contributed by atoms with van der Waals surface area (Å²) in [6, 6.07) is 11.2. The van der Waals surface area contributed by atoms with Crippen molar-refractivity contribution in [3.63, 3.8) is 0 Å². The van der Waals surface area contributed by atoms with Crippen LogP contribution in [0.2, 0.25) is 18.1 Å². The Hall–Kier alpha value is -4.63. The summed E-state index contributed by atoms with van der Waals surface area (Å²) in [5.41, 5.74) is 3.06. The van der Waals surface area contributed by atoms with Gasteiger partial charge < -0.3 is 14.5 Å². The van der Waals surface area contributed by atoms with Crippen LogP contribution in [0.25, 0.3) is 33.5 Å². The quantitative estimate of drug-likeness (QED) is 0.181. The van der Waals surface area contributed by atoms with Crippen molar-refractivity contribution < 1.29 is 27.1 Å². The van der Waals surface area contributed by atoms with E-state index in [-0.39, 0.29) is 26.9 Å². The number of alkyl halides is 3. The van der Waals surface area contributed by atoms with Gasteiger partial charge in [0, 0.05) is 29.6 Å². The predicted octanol–water partition coefficient (Wildman–Crippen LogP) is 6.51. The normalized spacial score (nSPS) is 12.5. The number of carbonyl (C=O) groups excluding carboxylic acids is 1. The van der Waals surface area contributed by atoms with Gasteiger partial charge in [0.25, 0.3) is 5.91 Å². The Balaban J connectivity index is 1.54. The number of ether oxygens (including phenoxy) is 1. The van der Waals surface area contributed by atoms with Crippen molar-refractivity contribution in [2.45, 2.75) is 51.7 Å². The minimum absolute atomic E-state index is 0.0257. The Labute approximate surface area is 258 Å². The maximum atomic E-state index is 13.0. The van der Waals surface area contributed by atoms with Gasteiger partial charge >= 0.3 is 6.30 Å². The summed E-state index contributed by atoms with van der Waals surface area (Å²) in [5, 5.41) is 10.7. The van der Waals surface area contributed by atoms with Crippen LogP contribution in [0.15, 0.2) is 61.3 Å². The molecule has 0 spiro atoms. The summed E-state index contributed by atoms with van der Waals surface area (Å²) in [6.07, 6.45) is -0.0849. The average molecular weight is 639 g/mol. The van der Waals surface area contributed by atoms with Crippen LogP contribution in [0.3, 0.4) is 0 Å². The second-order valence-corrected chi connectivity index (χ2v) is 16.7. The topological polar surface area (TPSA) is 122 Å². The van der Waals surface area contributed by atoms with E-state index in [4.69, 9.17) is 14.3 Å². The molecule has 1 amide bonds. The van der Waals surface area contributed by atoms with Crippen molar-refractivity contribution in [1.29, 1.82) is 0 Å². The van der Waals surface area contributed by atoms with E-state index in [0.717, 1.165) is 11.8 Å². The van der Waals surface area contributed by atoms with Gasteiger partial charge in [-0.2, -0.15) is 14.9 Å². The molecular formula is C30H33F3N8O3Si. The Morgan fingerprint density at radius 1 is 1.04 bits per heavy atom. The molecular weight excluding hydrogens is 605 g/mol. The van der Waals surface area contributed by atoms with E-state index in [9.17, 15) is 18.0 Å². The van der Waals surface area contributed by atoms with E-state index < -0.39 is 20.5 Å². The lowest BCUT2D eigenvalue weighted by atomic mass is 10.0. The largest absolute Gasteiger partial charge is 0.504 e. The molecule has 5 rings (SSSR count). The molecule has 4 aromatic heterocycles. The molecule has 45 heavy (non-hydrogen) atoms. The number of amides is 1. The summed E-state index contributed by atoms with van der Waals surface area (Å²) in [4.78, 5) is 26.4. The van der Waals surface area contributed by atoms with E-state index >= 15 is 0 Å². The molecule has 0 saturated carbocycles. The van der Waals surface area contributed by atoms with E-state index in [0.29, 0.717) is 47.3 Å². The molecule has 0 fully saturated rings. The third kappa shape index (κ3) is 6.73. The van der Waals surface area contributed by atoms with E-state index in [1.54, 1.807) is 6.07 Å². The number of nitrogens with zero attached hydrogens (tertiary/aromatic N) is 7. The van der Waals surface area contributed by atoms with E-state index in [2.05, 4.69) is 59.2 Å². The summed E-state index contributed by atoms with van der Waals surface area (Å²) in [7, 11) is -0.590. The van der Waals surface area contributed by atoms with Gasteiger partial charge in [-0.3, -0.25) is 9.48 Å². The fourth-order valence-corrected chi connectivity index (χ4v) is 5.33. The Kier molecular flexibility index (Phi) is 8.51. The highest BCUT2D eigenvalue weighted by Gasteiger charge is 2.37. The van der Waals surface area contributed by atoms with Gasteiger partial charge in [0.05, 0.1) is 37.5 Å². The van der Waals surface area contributed by atoms with Crippen molar-refractivity contribution in [2.24, 2.45) is 0 Å². The highest BCUT2D eigenvalue weighted by Crippen LogP contribution is 2.37. The number of fused-ring (bicyclic) bond motifs is 1. The summed E-state index contributed by atoms with van der Waals surface area (Å²) in [6.45, 7) is 11.9. The molecule has 0 saturated heterocycles. The third-order valence-corrected chi connectivity index (χ3v) is 12.3. The number of carbonyl (C=O) groups is 1. The van der Waals surface area contributed by atoms with Crippen LogP contribution < -0.4 is 10.1 Å². The number of benzene rings is 1. The molecule has 5 aromatic rings. The number of hydrogen-bond acceptors (Lipinski definition) is 8. The summed E-state index contributed by atoms with van der Waals surface area (Å²) in [5.74, 6) is -0.721. The van der Waals surface area contributed by atoms with Crippen LogP contribution in [0.4, 0.5) is 19.0 Å². The van der Waals surface area contributed by atoms with Crippen LogP contribution in [0.5, 0.6) is 5.75 Å². The van der Waals surface area contributed by atoms with Gasteiger partial charge in [-0.25, -0.2) is 15.0 Å². The van der Waals surface area contributed by atoms with Crippen molar-refractivity contribution >= 4 is 31.1 Å². The number of aromatic nitrogens is 7. The fourth-order valence-electron chi connectivity index (χ4n) is 4.30. The van der Waals surface area contributed by atoms with Crippen LogP contribution >= 0.6 is 0 Å². The highest BCUT2D eigenvalue weighted by atomic mass is 28.4. The summed E-state index contributed by atoms with van der Waals surface area (Å²) < 4.78 is 52.4. The number of hydrogen-bond donors (Lipinski definition) is 1. The zero-order valence-corrected chi connectivity index (χ0v) is 26.7. The number of anilines is 1. The molecule has 0 radical (unpaired) electrons. The van der Waals surface area contributed by atoms with Gasteiger partial charge in [-0.05, 0) is 18.1 Å². The highest BCUT2D eigenvalue weighted by molar-refractivity contribution is 6.74. The van der Waals surface area contributed by atoms with Gasteiger partial charge in [0.2, 0.25) is 0 Å². The number of halogens is 3. The fraction of sp³-hybridized carbons (Fsp3) is 0.333. The third-order valence-electron chi connectivity index (χ3n) is 7.79. The standard InChI is InChI=1S/C30H33F3N8O3Si/c1-29(2,3)45(5,6)44-13-12-40-17-21(24(39-40)19-10-8-7-9-11-19)25-26-22(34-18-35-25)14-23(43-4)27(37-26)38-28(42)20-15-36-41(16-20)30(31,32)33/h7-11,14-18H,12-13H2,1-6H3,(H,37,38,42). The molecule has 0 aliphatic carbocycles. The Morgan fingerprint density at radius 3 is 2.42 bits per heavy atom. The molecule has 236 valence electrons. The number of pyridine rings is 1. The van der Waals surface area contributed by atoms with Crippen LogP contribution in [-0.4, -0.2) is 62.5 Å². The molecule has 0 unspecified atom stereocenters. The molecule has 0 aliphatic heterocycles. The smallest absolute Gasteiger partial charge is 0.493 e. The first kappa shape index (κ1) is 31.8. The molecule has 0 bridgehead atoms. The summed E-state index contributed by atoms with van der Waals surface area (Å²) >= 11 is 0. The number of nitrogens with one attached hydrogen (secondary N) is 1. The van der Waals surface area contributed by atoms with Crippen molar-refractivity contribution in [2.75, 3.05) is 19.0 Å². The van der Waals surface area contributed by atoms with Gasteiger partial charge in [-0.1, -0.05) is 51.1 Å². The molecule has 0 aliphatic rings. The maximum absolute atomic E-state index is 13.0. The second-order valence-electron chi connectivity index (χ2n) is 11.9. The van der Waals surface area contributed by atoms with Crippen molar-refractivity contribution in [3.8, 4) is 28.3 Å². The monoisotopic (exact) mass is 638 g/mol. The molecule has 4 heterocycles. The molecule has 0 atom stereocenters. The molecule has 1 N–H and O–H groups in total. The van der Waals surface area contributed by atoms with E-state index in [1.165, 1.54) is 13.4 Å². The molecule has 11 nitrogen and oxygen atoms in total. The van der Waals surface area contributed by atoms with Crippen LogP contribution in [0.1, 0.15) is 31.1 Å². The Bertz CT molecular complexity index is 1830. The first-order valence-electron chi connectivity index (χ1n) is 14.1. The zero-order valence-electron chi connectivity index (χ0n) is 25.7. The number of rotatable bonds is 9. The van der Waals surface area contributed by atoms with Crippen molar-refractivity contribution in [3.05, 3.63) is 66.9 Å². The van der Waals surface area contributed by atoms with Crippen LogP contribution in [-0.2, 0) is 17.3 Å². The minimum Gasteiger partial charge on any atom is -0.493 e. The first-order valence-corrected chi connectivity index (χ1v) is 17.0. The average Bonchev–Trinajstić information content (AvgIpc) is 3.65. The van der Waals surface area contributed by atoms with Crippen LogP contribution in [0, 0.1) is 0 Å². The second kappa shape index (κ2) is 12.0.